The molecule has 0 aromatic heterocycles. The van der Waals surface area contributed by atoms with E-state index in [1.807, 2.05) is 39.8 Å². The van der Waals surface area contributed by atoms with Gasteiger partial charge in [-0.15, -0.1) is 0 Å². The smallest absolute Gasteiger partial charge is 0.338 e. The highest BCUT2D eigenvalue weighted by atomic mass is 16.5. The number of ether oxygens (including phenoxy) is 1. The van der Waals surface area contributed by atoms with Gasteiger partial charge in [0.2, 0.25) is 0 Å². The third-order valence-corrected chi connectivity index (χ3v) is 5.20. The Kier molecular flexibility index (Phi) is 6.01. The Morgan fingerprint density at radius 2 is 1.67 bits per heavy atom. The molecule has 1 atom stereocenters. The molecule has 2 aromatic carbocycles. The first kappa shape index (κ1) is 21.2. The maximum atomic E-state index is 12.9. The number of aryl methyl sites for hydroxylation is 1. The van der Waals surface area contributed by atoms with Crippen molar-refractivity contribution < 1.29 is 23.9 Å². The van der Waals surface area contributed by atoms with Gasteiger partial charge in [0.05, 0.1) is 22.4 Å². The zero-order valence-corrected chi connectivity index (χ0v) is 17.4. The molecule has 3 amide bonds. The molecule has 0 aliphatic carbocycles. The predicted octanol–water partition coefficient (Wildman–Crippen LogP) is 3.11. The van der Waals surface area contributed by atoms with Gasteiger partial charge in [-0.25, -0.2) is 9.69 Å². The molecule has 1 N–H and O–H groups in total. The van der Waals surface area contributed by atoms with Crippen LogP contribution in [0.2, 0.25) is 0 Å². The molecule has 0 spiro atoms. The summed E-state index contributed by atoms with van der Waals surface area (Å²) in [6.07, 6.45) is 0. The van der Waals surface area contributed by atoms with Crippen LogP contribution < -0.4 is 10.2 Å². The molecule has 0 radical (unpaired) electrons. The van der Waals surface area contributed by atoms with E-state index in [9.17, 15) is 19.2 Å². The Hall–Kier alpha value is -3.48. The molecule has 1 heterocycles. The van der Waals surface area contributed by atoms with Crippen LogP contribution in [0.25, 0.3) is 0 Å². The van der Waals surface area contributed by atoms with Crippen LogP contribution in [0.1, 0.15) is 57.4 Å². The highest BCUT2D eigenvalue weighted by molar-refractivity contribution is 6.34. The maximum absolute atomic E-state index is 12.9. The Morgan fingerprint density at radius 1 is 1.00 bits per heavy atom. The normalized spacial score (nSPS) is 14.0. The first-order valence-corrected chi connectivity index (χ1v) is 9.75. The summed E-state index contributed by atoms with van der Waals surface area (Å²) in [5.41, 5.74) is 1.75. The van der Waals surface area contributed by atoms with Crippen molar-refractivity contribution in [2.24, 2.45) is 5.92 Å². The quantitative estimate of drug-likeness (QED) is 0.586. The van der Waals surface area contributed by atoms with E-state index in [-0.39, 0.29) is 28.7 Å². The number of carbonyl (C=O) groups excluding carboxylic acids is 4. The zero-order chi connectivity index (χ0) is 22.0. The lowest BCUT2D eigenvalue weighted by atomic mass is 10.1. The summed E-state index contributed by atoms with van der Waals surface area (Å²) in [6, 6.07) is 11.2. The Bertz CT molecular complexity index is 1030. The van der Waals surface area contributed by atoms with Gasteiger partial charge in [0.15, 0.2) is 6.61 Å². The number of fused-ring (bicyclic) bond motifs is 1. The molecule has 1 aliphatic heterocycles. The Morgan fingerprint density at radius 3 is 2.33 bits per heavy atom. The molecular formula is C23H24N2O5. The second-order valence-corrected chi connectivity index (χ2v) is 7.67. The minimum Gasteiger partial charge on any atom is -0.452 e. The molecule has 0 unspecified atom stereocenters. The van der Waals surface area contributed by atoms with Gasteiger partial charge in [0.1, 0.15) is 0 Å². The molecule has 0 bridgehead atoms. The predicted molar refractivity (Wildman–Crippen MR) is 111 cm³/mol. The van der Waals surface area contributed by atoms with Crippen LogP contribution in [0.3, 0.4) is 0 Å². The summed E-state index contributed by atoms with van der Waals surface area (Å²) in [5, 5.41) is 2.75. The number of hydrogen-bond acceptors (Lipinski definition) is 5. The highest BCUT2D eigenvalue weighted by Gasteiger charge is 2.37. The van der Waals surface area contributed by atoms with Crippen molar-refractivity contribution in [3.63, 3.8) is 0 Å². The van der Waals surface area contributed by atoms with E-state index >= 15 is 0 Å². The monoisotopic (exact) mass is 408 g/mol. The minimum atomic E-state index is -0.736. The van der Waals surface area contributed by atoms with Crippen LogP contribution in [0.15, 0.2) is 42.5 Å². The summed E-state index contributed by atoms with van der Waals surface area (Å²) in [6.45, 7) is 7.20. The molecule has 2 aromatic rings. The molecule has 0 saturated heterocycles. The SMILES string of the molecule is Cc1ccccc1N1C(=O)c2ccc(C(=O)OCC(=O)N[C@@H](C)C(C)C)cc2C1=O. The first-order valence-electron chi connectivity index (χ1n) is 9.75. The van der Waals surface area contributed by atoms with E-state index in [1.165, 1.54) is 18.2 Å². The molecule has 156 valence electrons. The molecule has 0 fully saturated rings. The summed E-state index contributed by atoms with van der Waals surface area (Å²) in [7, 11) is 0. The van der Waals surface area contributed by atoms with Gasteiger partial charge in [-0.05, 0) is 49.6 Å². The fraction of sp³-hybridized carbons (Fsp3) is 0.304. The number of imide groups is 1. The van der Waals surface area contributed by atoms with Crippen molar-refractivity contribution >= 4 is 29.4 Å². The number of amides is 3. The fourth-order valence-corrected chi connectivity index (χ4v) is 3.08. The lowest BCUT2D eigenvalue weighted by molar-refractivity contribution is -0.125. The molecule has 7 nitrogen and oxygen atoms in total. The van der Waals surface area contributed by atoms with E-state index in [1.54, 1.807) is 12.1 Å². The molecule has 3 rings (SSSR count). The van der Waals surface area contributed by atoms with Gasteiger partial charge in [0, 0.05) is 6.04 Å². The third-order valence-electron chi connectivity index (χ3n) is 5.20. The number of para-hydroxylation sites is 1. The van der Waals surface area contributed by atoms with Crippen molar-refractivity contribution in [2.75, 3.05) is 11.5 Å². The second kappa shape index (κ2) is 8.49. The number of hydrogen-bond donors (Lipinski definition) is 1. The molecule has 30 heavy (non-hydrogen) atoms. The minimum absolute atomic E-state index is 0.0488. The lowest BCUT2D eigenvalue weighted by Crippen LogP contribution is -2.38. The van der Waals surface area contributed by atoms with E-state index in [4.69, 9.17) is 4.74 Å². The molecular weight excluding hydrogens is 384 g/mol. The van der Waals surface area contributed by atoms with Crippen LogP contribution in [-0.4, -0.2) is 36.3 Å². The Labute approximate surface area is 175 Å². The first-order chi connectivity index (χ1) is 14.2. The number of rotatable bonds is 6. The van der Waals surface area contributed by atoms with Gasteiger partial charge in [-0.3, -0.25) is 14.4 Å². The van der Waals surface area contributed by atoms with Crippen molar-refractivity contribution in [2.45, 2.75) is 33.7 Å². The van der Waals surface area contributed by atoms with Crippen LogP contribution >= 0.6 is 0 Å². The van der Waals surface area contributed by atoms with E-state index in [0.717, 1.165) is 10.5 Å². The van der Waals surface area contributed by atoms with E-state index in [2.05, 4.69) is 5.32 Å². The summed E-state index contributed by atoms with van der Waals surface area (Å²) in [5.74, 6) is -1.82. The number of benzene rings is 2. The van der Waals surface area contributed by atoms with Crippen LogP contribution in [0.4, 0.5) is 5.69 Å². The van der Waals surface area contributed by atoms with E-state index in [0.29, 0.717) is 5.69 Å². The largest absolute Gasteiger partial charge is 0.452 e. The second-order valence-electron chi connectivity index (χ2n) is 7.67. The molecule has 7 heteroatoms. The average Bonchev–Trinajstić information content (AvgIpc) is 2.96. The van der Waals surface area contributed by atoms with E-state index < -0.39 is 30.3 Å². The van der Waals surface area contributed by atoms with Gasteiger partial charge in [0.25, 0.3) is 17.7 Å². The number of nitrogens with zero attached hydrogens (tertiary/aromatic N) is 1. The average molecular weight is 408 g/mol. The third kappa shape index (κ3) is 4.10. The van der Waals surface area contributed by atoms with Gasteiger partial charge in [-0.1, -0.05) is 32.0 Å². The number of esters is 1. The van der Waals surface area contributed by atoms with Gasteiger partial charge in [-0.2, -0.15) is 0 Å². The van der Waals surface area contributed by atoms with Crippen LogP contribution in [0.5, 0.6) is 0 Å². The number of nitrogens with one attached hydrogen (secondary N) is 1. The topological polar surface area (TPSA) is 92.8 Å². The maximum Gasteiger partial charge on any atom is 0.338 e. The zero-order valence-electron chi connectivity index (χ0n) is 17.4. The fourth-order valence-electron chi connectivity index (χ4n) is 3.08. The van der Waals surface area contributed by atoms with Crippen LogP contribution in [0, 0.1) is 12.8 Å². The summed E-state index contributed by atoms with van der Waals surface area (Å²) < 4.78 is 5.06. The molecule has 0 saturated carbocycles. The summed E-state index contributed by atoms with van der Waals surface area (Å²) in [4.78, 5) is 51.0. The van der Waals surface area contributed by atoms with Gasteiger partial charge >= 0.3 is 5.97 Å². The van der Waals surface area contributed by atoms with Crippen molar-refractivity contribution in [3.05, 3.63) is 64.7 Å². The van der Waals surface area contributed by atoms with Crippen molar-refractivity contribution in [1.29, 1.82) is 0 Å². The highest BCUT2D eigenvalue weighted by Crippen LogP contribution is 2.31. The van der Waals surface area contributed by atoms with Gasteiger partial charge < -0.3 is 10.1 Å². The lowest BCUT2D eigenvalue weighted by Gasteiger charge is -2.17. The number of anilines is 1. The standard InChI is InChI=1S/C23H24N2O5/c1-13(2)15(4)24-20(26)12-30-23(29)16-9-10-17-18(11-16)22(28)25(21(17)27)19-8-6-5-7-14(19)3/h5-11,13,15H,12H2,1-4H3,(H,24,26)/t15-/m0/s1. The molecule has 1 aliphatic rings. The van der Waals surface area contributed by atoms with Crippen molar-refractivity contribution in [3.8, 4) is 0 Å². The Balaban J connectivity index is 1.74. The summed E-state index contributed by atoms with van der Waals surface area (Å²) >= 11 is 0. The number of carbonyl (C=O) groups is 4. The van der Waals surface area contributed by atoms with Crippen molar-refractivity contribution in [1.82, 2.24) is 5.32 Å². The van der Waals surface area contributed by atoms with Crippen LogP contribution in [-0.2, 0) is 9.53 Å².